The van der Waals surface area contributed by atoms with Crippen LogP contribution in [0.25, 0.3) is 53.8 Å². The Bertz CT molecular complexity index is 2140. The second-order valence-electron chi connectivity index (χ2n) is 14.5. The number of aryl methyl sites for hydroxylation is 1. The van der Waals surface area contributed by atoms with Crippen molar-refractivity contribution in [2.45, 2.75) is 53.8 Å². The van der Waals surface area contributed by atoms with Crippen LogP contribution in [0, 0.1) is 24.5 Å². The average Bonchev–Trinajstić information content (AvgIpc) is 3.44. The van der Waals surface area contributed by atoms with Gasteiger partial charge in [-0.3, -0.25) is 0 Å². The zero-order valence-electron chi connectivity index (χ0n) is 28.8. The summed E-state index contributed by atoms with van der Waals surface area (Å²) in [7, 11) is -1.37. The predicted octanol–water partition coefficient (Wildman–Crippen LogP) is 11.6. The molecule has 0 bridgehead atoms. The molecule has 7 rings (SSSR count). The molecular weight excluding hydrogens is 797 g/mol. The molecule has 0 aliphatic carbocycles. The number of hydrogen-bond acceptors (Lipinski definition) is 3. The van der Waals surface area contributed by atoms with Crippen molar-refractivity contribution in [1.29, 1.82) is 0 Å². The minimum absolute atomic E-state index is 0. The van der Waals surface area contributed by atoms with Crippen molar-refractivity contribution < 1.29 is 20.1 Å². The Hall–Kier alpha value is -3.73. The summed E-state index contributed by atoms with van der Waals surface area (Å²) in [4.78, 5) is 9.30. The summed E-state index contributed by atoms with van der Waals surface area (Å²) in [5.74, 6) is 0. The second-order valence-corrected chi connectivity index (χ2v) is 20.5. The van der Waals surface area contributed by atoms with Crippen molar-refractivity contribution >= 4 is 44.8 Å². The minimum atomic E-state index is -1.37. The van der Waals surface area contributed by atoms with Gasteiger partial charge in [-0.1, -0.05) is 112 Å². The van der Waals surface area contributed by atoms with Gasteiger partial charge in [0.2, 0.25) is 0 Å². The van der Waals surface area contributed by atoms with E-state index in [1.807, 2.05) is 47.9 Å². The molecule has 3 aromatic heterocycles. The van der Waals surface area contributed by atoms with E-state index in [1.54, 1.807) is 0 Å². The molecule has 48 heavy (non-hydrogen) atoms. The molecule has 0 unspecified atom stereocenters. The number of thiophene rings is 1. The van der Waals surface area contributed by atoms with E-state index in [4.69, 9.17) is 4.98 Å². The number of benzene rings is 4. The molecule has 3 heterocycles. The third-order valence-corrected chi connectivity index (χ3v) is 11.5. The first-order chi connectivity index (χ1) is 22.5. The molecule has 0 aliphatic rings. The normalized spacial score (nSPS) is 11.6. The first-order valence-electron chi connectivity index (χ1n) is 16.3. The third kappa shape index (κ3) is 8.10. The van der Waals surface area contributed by atoms with E-state index in [1.165, 1.54) is 47.6 Å². The van der Waals surface area contributed by atoms with E-state index in [0.29, 0.717) is 0 Å². The van der Waals surface area contributed by atoms with Gasteiger partial charge in [0.1, 0.15) is 0 Å². The Morgan fingerprint density at radius 3 is 2.23 bits per heavy atom. The van der Waals surface area contributed by atoms with Gasteiger partial charge >= 0.3 is 0 Å². The van der Waals surface area contributed by atoms with Gasteiger partial charge in [0.25, 0.3) is 0 Å². The maximum Gasteiger partial charge on any atom is 0.0798 e. The maximum absolute atomic E-state index is 4.71. The molecule has 0 spiro atoms. The molecule has 0 N–H and O–H groups in total. The van der Waals surface area contributed by atoms with Crippen LogP contribution in [-0.4, -0.2) is 18.0 Å². The van der Waals surface area contributed by atoms with Crippen LogP contribution in [0.2, 0.25) is 19.6 Å². The first kappa shape index (κ1) is 35.6. The predicted molar refractivity (Wildman–Crippen MR) is 206 cm³/mol. The topological polar surface area (TPSA) is 25.8 Å². The molecular formula is C43H42IrN2SSi-2. The van der Waals surface area contributed by atoms with Crippen LogP contribution < -0.4 is 5.19 Å². The van der Waals surface area contributed by atoms with Crippen molar-refractivity contribution in [2.75, 3.05) is 0 Å². The first-order valence-corrected chi connectivity index (χ1v) is 20.6. The van der Waals surface area contributed by atoms with Crippen LogP contribution in [0.3, 0.4) is 0 Å². The number of fused-ring (bicyclic) bond motifs is 3. The zero-order valence-corrected chi connectivity index (χ0v) is 33.0. The van der Waals surface area contributed by atoms with Gasteiger partial charge in [-0.05, 0) is 68.7 Å². The summed E-state index contributed by atoms with van der Waals surface area (Å²) in [6.45, 7) is 16.2. The van der Waals surface area contributed by atoms with Gasteiger partial charge in [0, 0.05) is 37.2 Å². The van der Waals surface area contributed by atoms with Crippen LogP contribution in [0.4, 0.5) is 0 Å². The summed E-state index contributed by atoms with van der Waals surface area (Å²) in [5, 5.41) is 4.08. The third-order valence-electron chi connectivity index (χ3n) is 8.22. The van der Waals surface area contributed by atoms with Crippen LogP contribution in [0.1, 0.15) is 31.9 Å². The SMILES string of the molecule is CC(C)(C)Cc1cc(-c2[c-]cccc2)ncc1[Si](C)(C)C.Cc1ccnc(-c2[c-]ccc3c2sc2cccc(-c4ccccc4)c23)c1.[Ir]. The number of aromatic nitrogens is 2. The van der Waals surface area contributed by atoms with Crippen molar-refractivity contribution in [3.8, 4) is 33.6 Å². The molecule has 0 saturated heterocycles. The van der Waals surface area contributed by atoms with Crippen LogP contribution in [0.5, 0.6) is 0 Å². The quantitative estimate of drug-likeness (QED) is 0.127. The number of pyridine rings is 2. The summed E-state index contributed by atoms with van der Waals surface area (Å²) >= 11 is 1.83. The maximum atomic E-state index is 4.71. The van der Waals surface area contributed by atoms with E-state index in [0.717, 1.165) is 28.9 Å². The largest absolute Gasteiger partial charge is 0.305 e. The average molecular weight is 839 g/mol. The molecule has 1 radical (unpaired) electrons. The van der Waals surface area contributed by atoms with Gasteiger partial charge in [0.15, 0.2) is 0 Å². The Morgan fingerprint density at radius 2 is 1.54 bits per heavy atom. The zero-order chi connectivity index (χ0) is 33.2. The number of hydrogen-bond donors (Lipinski definition) is 0. The van der Waals surface area contributed by atoms with Crippen molar-refractivity contribution in [3.63, 3.8) is 0 Å². The van der Waals surface area contributed by atoms with Gasteiger partial charge in [0.05, 0.1) is 8.07 Å². The molecule has 7 aromatic rings. The van der Waals surface area contributed by atoms with E-state index in [-0.39, 0.29) is 25.5 Å². The number of nitrogens with zero attached hydrogens (tertiary/aromatic N) is 2. The Labute approximate surface area is 304 Å². The molecule has 0 atom stereocenters. The molecule has 5 heteroatoms. The van der Waals surface area contributed by atoms with E-state index < -0.39 is 8.07 Å². The van der Waals surface area contributed by atoms with Crippen LogP contribution in [-0.2, 0) is 26.5 Å². The molecule has 4 aromatic carbocycles. The molecule has 0 aliphatic heterocycles. The summed E-state index contributed by atoms with van der Waals surface area (Å²) in [5.41, 5.74) is 9.69. The molecule has 2 nitrogen and oxygen atoms in total. The van der Waals surface area contributed by atoms with Gasteiger partial charge < -0.3 is 9.97 Å². The van der Waals surface area contributed by atoms with Crippen LogP contribution in [0.15, 0.2) is 116 Å². The summed E-state index contributed by atoms with van der Waals surface area (Å²) in [6, 6.07) is 42.6. The van der Waals surface area contributed by atoms with Gasteiger partial charge in [-0.15, -0.1) is 59.7 Å². The Kier molecular flexibility index (Phi) is 11.0. The Morgan fingerprint density at radius 1 is 0.771 bits per heavy atom. The smallest absolute Gasteiger partial charge is 0.0798 e. The van der Waals surface area contributed by atoms with E-state index in [9.17, 15) is 0 Å². The fraction of sp³-hybridized carbons (Fsp3) is 0.209. The second kappa shape index (κ2) is 14.8. The van der Waals surface area contributed by atoms with Crippen molar-refractivity contribution in [2.24, 2.45) is 5.41 Å². The standard InChI is InChI=1S/C24H16NS.C19H26NSi.Ir/c1-16-13-14-25-21(15-16)19-10-5-11-20-23-18(17-7-3-2-4-8-17)9-6-12-22(23)26-24(19)20;1-19(2,3)13-16-12-17(15-10-8-7-9-11-15)20-14-18(16)21(4,5)6;/h2-9,11-15H,1H3;7-10,12,14H,13H2,1-6H3;/q2*-1;. The van der Waals surface area contributed by atoms with Gasteiger partial charge in [-0.25, -0.2) is 0 Å². The number of rotatable bonds is 5. The monoisotopic (exact) mass is 839 g/mol. The summed E-state index contributed by atoms with van der Waals surface area (Å²) < 4.78 is 2.55. The molecule has 0 saturated carbocycles. The molecule has 0 amide bonds. The van der Waals surface area contributed by atoms with E-state index >= 15 is 0 Å². The molecule has 245 valence electrons. The van der Waals surface area contributed by atoms with Crippen molar-refractivity contribution in [3.05, 3.63) is 139 Å². The minimum Gasteiger partial charge on any atom is -0.305 e. The Balaban J connectivity index is 0.000000189. The molecule has 0 fully saturated rings. The summed E-state index contributed by atoms with van der Waals surface area (Å²) in [6.07, 6.45) is 5.08. The fourth-order valence-electron chi connectivity index (χ4n) is 6.10. The fourth-order valence-corrected chi connectivity index (χ4v) is 8.91. The van der Waals surface area contributed by atoms with Crippen LogP contribution >= 0.6 is 11.3 Å². The van der Waals surface area contributed by atoms with Gasteiger partial charge in [-0.2, -0.15) is 11.3 Å². The van der Waals surface area contributed by atoms with E-state index in [2.05, 4.69) is 143 Å². The van der Waals surface area contributed by atoms with Crippen molar-refractivity contribution in [1.82, 2.24) is 9.97 Å².